The lowest BCUT2D eigenvalue weighted by Crippen LogP contribution is -2.04. The molecule has 0 saturated heterocycles. The third kappa shape index (κ3) is 2.88. The number of hydrogen-bond donors (Lipinski definition) is 0. The summed E-state index contributed by atoms with van der Waals surface area (Å²) in [6.45, 7) is 1.83. The standard InChI is InChI=1S/C9H6ClN7S2/c1-5-12-9(19-16-5)18-8-14-6(10)13-7(15-8)17-4-2-3-11-17/h2-4H,1H3. The second-order valence-corrected chi connectivity index (χ2v) is 5.65. The van der Waals surface area contributed by atoms with E-state index in [2.05, 4.69) is 29.4 Å². The SMILES string of the molecule is Cc1nsc(Sc2nc(Cl)nc(-n3cccn3)n2)n1. The maximum atomic E-state index is 5.89. The van der Waals surface area contributed by atoms with Crippen molar-refractivity contribution in [1.29, 1.82) is 0 Å². The van der Waals surface area contributed by atoms with Crippen LogP contribution in [0.2, 0.25) is 5.28 Å². The Bertz CT molecular complexity index is 696. The van der Waals surface area contributed by atoms with E-state index >= 15 is 0 Å². The fourth-order valence-corrected chi connectivity index (χ4v) is 2.96. The van der Waals surface area contributed by atoms with Gasteiger partial charge in [-0.25, -0.2) is 9.67 Å². The highest BCUT2D eigenvalue weighted by Gasteiger charge is 2.11. The normalized spacial score (nSPS) is 10.8. The summed E-state index contributed by atoms with van der Waals surface area (Å²) >= 11 is 8.47. The van der Waals surface area contributed by atoms with Crippen LogP contribution < -0.4 is 0 Å². The molecule has 0 amide bonds. The van der Waals surface area contributed by atoms with Crippen molar-refractivity contribution in [3.8, 4) is 5.95 Å². The lowest BCUT2D eigenvalue weighted by Gasteiger charge is -2.01. The Morgan fingerprint density at radius 3 is 2.84 bits per heavy atom. The smallest absolute Gasteiger partial charge is 0.213 e. The molecule has 10 heteroatoms. The molecule has 3 rings (SSSR count). The molecule has 19 heavy (non-hydrogen) atoms. The van der Waals surface area contributed by atoms with Crippen molar-refractivity contribution >= 4 is 34.9 Å². The van der Waals surface area contributed by atoms with Crippen LogP contribution in [0.3, 0.4) is 0 Å². The van der Waals surface area contributed by atoms with Gasteiger partial charge in [-0.15, -0.1) is 0 Å². The highest BCUT2D eigenvalue weighted by Crippen LogP contribution is 2.26. The molecule has 0 spiro atoms. The van der Waals surface area contributed by atoms with Crippen LogP contribution in [0.5, 0.6) is 0 Å². The molecular formula is C9H6ClN7S2. The summed E-state index contributed by atoms with van der Waals surface area (Å²) in [5, 5.41) is 4.63. The summed E-state index contributed by atoms with van der Waals surface area (Å²) in [7, 11) is 0. The summed E-state index contributed by atoms with van der Waals surface area (Å²) in [5.74, 6) is 1.09. The molecule has 0 fully saturated rings. The van der Waals surface area contributed by atoms with Gasteiger partial charge in [0, 0.05) is 12.4 Å². The Morgan fingerprint density at radius 1 is 1.26 bits per heavy atom. The van der Waals surface area contributed by atoms with Crippen molar-refractivity contribution in [2.75, 3.05) is 0 Å². The first-order chi connectivity index (χ1) is 9.20. The molecule has 7 nitrogen and oxygen atoms in total. The van der Waals surface area contributed by atoms with E-state index in [1.807, 2.05) is 6.92 Å². The molecular weight excluding hydrogens is 306 g/mol. The van der Waals surface area contributed by atoms with Gasteiger partial charge < -0.3 is 0 Å². The van der Waals surface area contributed by atoms with Gasteiger partial charge in [-0.05, 0) is 47.9 Å². The Kier molecular flexibility index (Phi) is 3.40. The maximum absolute atomic E-state index is 5.89. The quantitative estimate of drug-likeness (QED) is 0.731. The van der Waals surface area contributed by atoms with Crippen LogP contribution in [0.25, 0.3) is 5.95 Å². The van der Waals surface area contributed by atoms with Crippen LogP contribution in [0.1, 0.15) is 5.82 Å². The van der Waals surface area contributed by atoms with E-state index < -0.39 is 0 Å². The molecule has 0 atom stereocenters. The predicted octanol–water partition coefficient (Wildman–Crippen LogP) is 2.02. The van der Waals surface area contributed by atoms with Crippen LogP contribution in [0.4, 0.5) is 0 Å². The third-order valence-corrected chi connectivity index (χ3v) is 3.85. The fraction of sp³-hybridized carbons (Fsp3) is 0.111. The molecule has 0 N–H and O–H groups in total. The molecule has 0 saturated carbocycles. The highest BCUT2D eigenvalue weighted by molar-refractivity contribution is 8.00. The predicted molar refractivity (Wildman–Crippen MR) is 70.7 cm³/mol. The average Bonchev–Trinajstić information content (AvgIpc) is 3.00. The number of hydrogen-bond acceptors (Lipinski definition) is 8. The van der Waals surface area contributed by atoms with E-state index in [4.69, 9.17) is 11.6 Å². The highest BCUT2D eigenvalue weighted by atomic mass is 35.5. The van der Waals surface area contributed by atoms with E-state index in [9.17, 15) is 0 Å². The summed E-state index contributed by atoms with van der Waals surface area (Å²) in [4.78, 5) is 16.6. The molecule has 0 aromatic carbocycles. The van der Waals surface area contributed by atoms with Gasteiger partial charge in [-0.3, -0.25) is 0 Å². The van der Waals surface area contributed by atoms with Crippen LogP contribution in [-0.4, -0.2) is 34.1 Å². The number of halogens is 1. The second-order valence-electron chi connectivity index (χ2n) is 3.35. The van der Waals surface area contributed by atoms with Crippen LogP contribution in [0, 0.1) is 6.92 Å². The first-order valence-corrected chi connectivity index (χ1v) is 7.07. The molecule has 0 bridgehead atoms. The summed E-state index contributed by atoms with van der Waals surface area (Å²) in [6, 6.07) is 1.78. The van der Waals surface area contributed by atoms with E-state index in [0.717, 1.165) is 10.2 Å². The zero-order valence-electron chi connectivity index (χ0n) is 9.56. The Morgan fingerprint density at radius 2 is 2.16 bits per heavy atom. The van der Waals surface area contributed by atoms with Crippen LogP contribution >= 0.6 is 34.9 Å². The van der Waals surface area contributed by atoms with Gasteiger partial charge in [0.15, 0.2) is 4.34 Å². The Balaban J connectivity index is 1.94. The van der Waals surface area contributed by atoms with E-state index in [1.54, 1.807) is 18.5 Å². The number of aryl methyl sites for hydroxylation is 1. The van der Waals surface area contributed by atoms with Gasteiger partial charge in [-0.1, -0.05) is 0 Å². The first kappa shape index (κ1) is 12.5. The van der Waals surface area contributed by atoms with Gasteiger partial charge in [-0.2, -0.15) is 24.4 Å². The van der Waals surface area contributed by atoms with Crippen molar-refractivity contribution < 1.29 is 0 Å². The second kappa shape index (κ2) is 5.19. The maximum Gasteiger partial charge on any atom is 0.255 e. The van der Waals surface area contributed by atoms with Crippen molar-refractivity contribution in [2.24, 2.45) is 0 Å². The zero-order valence-corrected chi connectivity index (χ0v) is 11.9. The number of nitrogens with zero attached hydrogens (tertiary/aromatic N) is 7. The molecule has 0 aliphatic rings. The molecule has 0 radical (unpaired) electrons. The van der Waals surface area contributed by atoms with Gasteiger partial charge >= 0.3 is 0 Å². The van der Waals surface area contributed by atoms with E-state index in [-0.39, 0.29) is 5.28 Å². The Hall–Kier alpha value is -1.58. The summed E-state index contributed by atoms with van der Waals surface area (Å²) in [6.07, 6.45) is 3.37. The molecule has 96 valence electrons. The van der Waals surface area contributed by atoms with Gasteiger partial charge in [0.05, 0.1) is 0 Å². The van der Waals surface area contributed by atoms with Crippen molar-refractivity contribution in [1.82, 2.24) is 34.1 Å². The largest absolute Gasteiger partial charge is 0.255 e. The van der Waals surface area contributed by atoms with Gasteiger partial charge in [0.1, 0.15) is 5.82 Å². The van der Waals surface area contributed by atoms with Crippen LogP contribution in [0.15, 0.2) is 28.0 Å². The average molecular weight is 312 g/mol. The van der Waals surface area contributed by atoms with Crippen molar-refractivity contribution in [2.45, 2.75) is 16.4 Å². The van der Waals surface area contributed by atoms with Gasteiger partial charge in [0.25, 0.3) is 5.95 Å². The fourth-order valence-electron chi connectivity index (χ4n) is 1.25. The minimum Gasteiger partial charge on any atom is -0.213 e. The first-order valence-electron chi connectivity index (χ1n) is 5.10. The topological polar surface area (TPSA) is 82.3 Å². The van der Waals surface area contributed by atoms with Gasteiger partial charge in [0.2, 0.25) is 10.4 Å². The minimum absolute atomic E-state index is 0.115. The summed E-state index contributed by atoms with van der Waals surface area (Å²) < 4.78 is 6.37. The number of rotatable bonds is 3. The van der Waals surface area contributed by atoms with Crippen molar-refractivity contribution in [3.63, 3.8) is 0 Å². The molecule has 3 aromatic rings. The molecule has 3 aromatic heterocycles. The monoisotopic (exact) mass is 311 g/mol. The van der Waals surface area contributed by atoms with E-state index in [0.29, 0.717) is 11.1 Å². The van der Waals surface area contributed by atoms with Crippen molar-refractivity contribution in [3.05, 3.63) is 29.6 Å². The Labute approximate surface area is 121 Å². The molecule has 0 unspecified atom stereocenters. The third-order valence-electron chi connectivity index (χ3n) is 1.97. The molecule has 3 heterocycles. The minimum atomic E-state index is 0.115. The van der Waals surface area contributed by atoms with Crippen LogP contribution in [-0.2, 0) is 0 Å². The lowest BCUT2D eigenvalue weighted by molar-refractivity contribution is 0.758. The lowest BCUT2D eigenvalue weighted by atomic mass is 10.7. The van der Waals surface area contributed by atoms with E-state index in [1.165, 1.54) is 28.0 Å². The zero-order chi connectivity index (χ0) is 13.2. The molecule has 0 aliphatic carbocycles. The summed E-state index contributed by atoms with van der Waals surface area (Å²) in [5.41, 5.74) is 0. The number of aromatic nitrogens is 7. The molecule has 0 aliphatic heterocycles.